The number of carbonyl (C=O) groups is 1. The molecule has 1 aliphatic carbocycles. The van der Waals surface area contributed by atoms with Gasteiger partial charge >= 0.3 is 0 Å². The molecule has 1 N–H and O–H groups in total. The molecule has 1 unspecified atom stereocenters. The summed E-state index contributed by atoms with van der Waals surface area (Å²) >= 11 is 1.59. The number of allylic oxidation sites excluding steroid dienone is 1. The molecule has 2 fully saturated rings. The largest absolute Gasteiger partial charge is 0.306 e. The Morgan fingerprint density at radius 1 is 1.23 bits per heavy atom. The number of fused-ring (bicyclic) bond motifs is 1. The highest BCUT2D eigenvalue weighted by Gasteiger charge is 2.42. The average Bonchev–Trinajstić information content (AvgIpc) is 2.69. The van der Waals surface area contributed by atoms with E-state index in [4.69, 9.17) is 0 Å². The molecule has 0 spiro atoms. The van der Waals surface area contributed by atoms with Gasteiger partial charge in [0.25, 0.3) is 0 Å². The highest BCUT2D eigenvalue weighted by Crippen LogP contribution is 2.41. The molecule has 0 radical (unpaired) electrons. The number of benzene rings is 1. The topological polar surface area (TPSA) is 48.5 Å². The summed E-state index contributed by atoms with van der Waals surface area (Å²) in [6.07, 6.45) is 6.47. The zero-order valence-electron chi connectivity index (χ0n) is 14.7. The first-order valence-electron chi connectivity index (χ1n) is 9.35. The van der Waals surface area contributed by atoms with Crippen LogP contribution in [0.3, 0.4) is 0 Å². The summed E-state index contributed by atoms with van der Waals surface area (Å²) in [6, 6.07) is 9.38. The van der Waals surface area contributed by atoms with Gasteiger partial charge in [0, 0.05) is 12.3 Å². The van der Waals surface area contributed by atoms with Crippen LogP contribution in [0.4, 0.5) is 4.39 Å². The van der Waals surface area contributed by atoms with Crippen LogP contribution in [0.1, 0.15) is 50.0 Å². The fraction of sp³-hybridized carbons (Fsp3) is 0.500. The summed E-state index contributed by atoms with van der Waals surface area (Å²) < 4.78 is 14.3. The van der Waals surface area contributed by atoms with E-state index in [-0.39, 0.29) is 18.1 Å². The molecule has 1 saturated carbocycles. The summed E-state index contributed by atoms with van der Waals surface area (Å²) in [5.74, 6) is 0.0673. The summed E-state index contributed by atoms with van der Waals surface area (Å²) in [7, 11) is 0. The van der Waals surface area contributed by atoms with Crippen LogP contribution < -0.4 is 4.90 Å². The number of nitrogens with zero attached hydrogens (tertiary/aromatic N) is 2. The van der Waals surface area contributed by atoms with Gasteiger partial charge < -0.3 is 4.90 Å². The normalized spacial score (nSPS) is 27.2. The molecule has 1 saturated heterocycles. The van der Waals surface area contributed by atoms with Crippen molar-refractivity contribution in [2.45, 2.75) is 50.5 Å². The molecule has 1 aromatic carbocycles. The van der Waals surface area contributed by atoms with Crippen molar-refractivity contribution in [3.63, 3.8) is 0 Å². The second kappa shape index (κ2) is 7.42. The quantitative estimate of drug-likeness (QED) is 0.868. The molecular weight excluding hydrogens is 349 g/mol. The van der Waals surface area contributed by atoms with Crippen LogP contribution in [0.15, 0.2) is 34.9 Å². The van der Waals surface area contributed by atoms with E-state index in [1.54, 1.807) is 34.9 Å². The zero-order valence-corrected chi connectivity index (χ0v) is 15.5. The average molecular weight is 372 g/mol. The minimum Gasteiger partial charge on any atom is -0.306 e. The Morgan fingerprint density at radius 2 is 2.00 bits per heavy atom. The van der Waals surface area contributed by atoms with E-state index in [9.17, 15) is 14.4 Å². The molecule has 4 nitrogen and oxygen atoms in total. The van der Waals surface area contributed by atoms with Gasteiger partial charge in [-0.3, -0.25) is 9.69 Å². The van der Waals surface area contributed by atoms with E-state index in [2.05, 4.69) is 6.07 Å². The Labute approximate surface area is 157 Å². The van der Waals surface area contributed by atoms with Gasteiger partial charge in [0.1, 0.15) is 16.7 Å². The first-order chi connectivity index (χ1) is 12.7. The number of amides is 1. The first kappa shape index (κ1) is 17.6. The number of nitriles is 1. The van der Waals surface area contributed by atoms with Crippen molar-refractivity contribution in [1.29, 1.82) is 5.26 Å². The van der Waals surface area contributed by atoms with Crippen molar-refractivity contribution in [2.75, 3.05) is 12.5 Å². The number of quaternary nitrogens is 1. The van der Waals surface area contributed by atoms with E-state index < -0.39 is 5.92 Å². The number of carbonyl (C=O) groups excluding carboxylic acids is 1. The van der Waals surface area contributed by atoms with Crippen LogP contribution in [0.25, 0.3) is 0 Å². The number of hydrogen-bond acceptors (Lipinski definition) is 3. The number of hydrogen-bond donors (Lipinski definition) is 1. The molecule has 2 atom stereocenters. The van der Waals surface area contributed by atoms with Crippen molar-refractivity contribution in [2.24, 2.45) is 0 Å². The van der Waals surface area contributed by atoms with Crippen LogP contribution in [-0.2, 0) is 4.79 Å². The van der Waals surface area contributed by atoms with Crippen molar-refractivity contribution >= 4 is 17.7 Å². The Kier molecular flexibility index (Phi) is 5.01. The van der Waals surface area contributed by atoms with Crippen molar-refractivity contribution in [1.82, 2.24) is 4.90 Å². The Hall–Kier alpha value is -1.84. The Morgan fingerprint density at radius 3 is 2.73 bits per heavy atom. The third kappa shape index (κ3) is 3.15. The van der Waals surface area contributed by atoms with Gasteiger partial charge in [-0.1, -0.05) is 24.6 Å². The lowest BCUT2D eigenvalue weighted by Crippen LogP contribution is -3.17. The number of nitrogens with one attached hydrogen (secondary N) is 1. The predicted molar refractivity (Wildman–Crippen MR) is 98.4 cm³/mol. The molecule has 6 heteroatoms. The van der Waals surface area contributed by atoms with E-state index in [1.807, 2.05) is 0 Å². The second-order valence-electron chi connectivity index (χ2n) is 7.37. The summed E-state index contributed by atoms with van der Waals surface area (Å²) in [5, 5.41) is 10.5. The fourth-order valence-electron chi connectivity index (χ4n) is 4.43. The van der Waals surface area contributed by atoms with E-state index in [0.717, 1.165) is 10.9 Å². The third-order valence-corrected chi connectivity index (χ3v) is 7.07. The maximum Gasteiger partial charge on any atom is 0.232 e. The van der Waals surface area contributed by atoms with Crippen LogP contribution in [-0.4, -0.2) is 29.4 Å². The lowest BCUT2D eigenvalue weighted by molar-refractivity contribution is -0.923. The van der Waals surface area contributed by atoms with Gasteiger partial charge in [-0.2, -0.15) is 5.26 Å². The maximum atomic E-state index is 14.3. The molecule has 26 heavy (non-hydrogen) atoms. The fourth-order valence-corrected chi connectivity index (χ4v) is 5.74. The van der Waals surface area contributed by atoms with Crippen molar-refractivity contribution < 1.29 is 14.1 Å². The van der Waals surface area contributed by atoms with Crippen LogP contribution in [0, 0.1) is 17.1 Å². The number of halogens is 1. The van der Waals surface area contributed by atoms with E-state index >= 15 is 0 Å². The summed E-state index contributed by atoms with van der Waals surface area (Å²) in [6.45, 7) is 0.640. The molecule has 0 bridgehead atoms. The lowest BCUT2D eigenvalue weighted by Gasteiger charge is -2.42. The SMILES string of the molecule is N#CC1=C2SC[NH+](C3CCCCC3)CN2C(=O)C[C@@H]1c1ccccc1F. The minimum atomic E-state index is -0.469. The van der Waals surface area contributed by atoms with E-state index in [1.165, 1.54) is 43.1 Å². The van der Waals surface area contributed by atoms with Gasteiger partial charge in [0.15, 0.2) is 6.67 Å². The summed E-state index contributed by atoms with van der Waals surface area (Å²) in [4.78, 5) is 16.1. The first-order valence-corrected chi connectivity index (χ1v) is 10.3. The highest BCUT2D eigenvalue weighted by molar-refractivity contribution is 8.02. The van der Waals surface area contributed by atoms with Gasteiger partial charge in [-0.05, 0) is 49.1 Å². The molecule has 2 heterocycles. The van der Waals surface area contributed by atoms with Crippen LogP contribution >= 0.6 is 11.8 Å². The molecule has 136 valence electrons. The van der Waals surface area contributed by atoms with Crippen LogP contribution in [0.5, 0.6) is 0 Å². The van der Waals surface area contributed by atoms with Crippen LogP contribution in [0.2, 0.25) is 0 Å². The van der Waals surface area contributed by atoms with E-state index in [0.29, 0.717) is 23.8 Å². The van der Waals surface area contributed by atoms with Crippen molar-refractivity contribution in [3.05, 3.63) is 46.2 Å². The molecule has 1 aromatic rings. The molecular formula is C20H23FN3OS+. The lowest BCUT2D eigenvalue weighted by atomic mass is 9.86. The van der Waals surface area contributed by atoms with Gasteiger partial charge in [-0.25, -0.2) is 4.39 Å². The third-order valence-electron chi connectivity index (χ3n) is 5.84. The molecule has 1 amide bonds. The zero-order chi connectivity index (χ0) is 18.1. The Bertz CT molecular complexity index is 782. The van der Waals surface area contributed by atoms with Crippen molar-refractivity contribution in [3.8, 4) is 6.07 Å². The van der Waals surface area contributed by atoms with Gasteiger partial charge in [0.2, 0.25) is 5.91 Å². The van der Waals surface area contributed by atoms with Gasteiger partial charge in [0.05, 0.1) is 17.7 Å². The smallest absolute Gasteiger partial charge is 0.232 e. The maximum absolute atomic E-state index is 14.3. The number of rotatable bonds is 2. The monoisotopic (exact) mass is 372 g/mol. The number of thioether (sulfide) groups is 1. The molecule has 4 rings (SSSR count). The molecule has 2 aliphatic heterocycles. The summed E-state index contributed by atoms with van der Waals surface area (Å²) in [5.41, 5.74) is 0.995. The van der Waals surface area contributed by atoms with Gasteiger partial charge in [-0.15, -0.1) is 0 Å². The standard InChI is InChI=1S/C20H22FN3OS/c21-18-9-5-4-8-15(18)16-10-19(25)24-12-23(14-6-2-1-3-7-14)13-26-20(24)17(16)11-22/h4-5,8-9,14,16H,1-3,6-7,10,12-13H2/p+1/t16-/m1/s1. The molecule has 3 aliphatic rings. The second-order valence-corrected chi connectivity index (χ2v) is 8.33. The highest BCUT2D eigenvalue weighted by atomic mass is 32.2. The Balaban J connectivity index is 1.63. The predicted octanol–water partition coefficient (Wildman–Crippen LogP) is 2.76. The molecule has 0 aromatic heterocycles. The minimum absolute atomic E-state index is 0.00719.